The lowest BCUT2D eigenvalue weighted by Gasteiger charge is -2.18. The summed E-state index contributed by atoms with van der Waals surface area (Å²) < 4.78 is 37.5. The Balaban J connectivity index is 1.79. The molecule has 2 aromatic carbocycles. The number of methoxy groups -OCH3 is 1. The number of amidine groups is 1. The van der Waals surface area contributed by atoms with Crippen LogP contribution in [-0.4, -0.2) is 37.6 Å². The highest BCUT2D eigenvalue weighted by atomic mass is 32.2. The van der Waals surface area contributed by atoms with Crippen LogP contribution < -0.4 is 20.1 Å². The molecular weight excluding hydrogens is 400 g/mol. The predicted molar refractivity (Wildman–Crippen MR) is 107 cm³/mol. The van der Waals surface area contributed by atoms with Crippen LogP contribution in [0.25, 0.3) is 0 Å². The van der Waals surface area contributed by atoms with Crippen LogP contribution >= 0.6 is 0 Å². The van der Waals surface area contributed by atoms with E-state index in [0.717, 1.165) is 6.08 Å². The summed E-state index contributed by atoms with van der Waals surface area (Å²) in [6, 6.07) is 12.7. The van der Waals surface area contributed by atoms with Gasteiger partial charge in [0.1, 0.15) is 5.75 Å². The number of hydrogen-bond acceptors (Lipinski definition) is 7. The summed E-state index contributed by atoms with van der Waals surface area (Å²) in [5.74, 6) is -0.892. The van der Waals surface area contributed by atoms with E-state index < -0.39 is 22.0 Å². The molecule has 0 saturated heterocycles. The molecule has 4 N–H and O–H groups in total. The number of ketones is 1. The molecule has 1 heterocycles. The van der Waals surface area contributed by atoms with Crippen LogP contribution in [0.3, 0.4) is 0 Å². The van der Waals surface area contributed by atoms with Crippen molar-refractivity contribution in [1.29, 1.82) is 0 Å². The van der Waals surface area contributed by atoms with Crippen molar-refractivity contribution in [1.82, 2.24) is 0 Å². The highest BCUT2D eigenvalue weighted by Crippen LogP contribution is 2.20. The zero-order chi connectivity index (χ0) is 21.0. The number of nitrogens with one attached hydrogen (secondary N) is 3. The molecule has 0 spiro atoms. The highest BCUT2D eigenvalue weighted by Gasteiger charge is 2.22. The van der Waals surface area contributed by atoms with Gasteiger partial charge in [-0.15, -0.1) is 0 Å². The lowest BCUT2D eigenvalue weighted by Crippen LogP contribution is -2.28. The van der Waals surface area contributed by atoms with Crippen LogP contribution in [0.2, 0.25) is 0 Å². The lowest BCUT2D eigenvalue weighted by atomic mass is 10.2. The lowest BCUT2D eigenvalue weighted by molar-refractivity contribution is -0.133. The number of ether oxygens (including phenoxy) is 1. The summed E-state index contributed by atoms with van der Waals surface area (Å²) in [7, 11) is -2.84. The zero-order valence-corrected chi connectivity index (χ0v) is 15.9. The van der Waals surface area contributed by atoms with Gasteiger partial charge >= 0.3 is 16.2 Å². The number of dihydropyridines is 1. The molecule has 2 aromatic rings. The summed E-state index contributed by atoms with van der Waals surface area (Å²) in [5, 5.41) is 5.91. The second kappa shape index (κ2) is 8.12. The number of hydrogen-bond donors (Lipinski definition) is 4. The van der Waals surface area contributed by atoms with Crippen molar-refractivity contribution in [2.45, 2.75) is 0 Å². The Bertz CT molecular complexity index is 1110. The van der Waals surface area contributed by atoms with E-state index in [4.69, 9.17) is 9.29 Å². The van der Waals surface area contributed by atoms with Crippen molar-refractivity contribution >= 4 is 44.9 Å². The van der Waals surface area contributed by atoms with Gasteiger partial charge in [0.05, 0.1) is 18.5 Å². The molecule has 0 aliphatic carbocycles. The normalized spacial score (nSPS) is 14.0. The molecule has 1 amide bonds. The highest BCUT2D eigenvalue weighted by molar-refractivity contribution is 7.87. The Morgan fingerprint density at radius 2 is 1.45 bits per heavy atom. The fourth-order valence-electron chi connectivity index (χ4n) is 2.41. The maximum Gasteiger partial charge on any atom is 0.357 e. The Morgan fingerprint density at radius 3 is 2.03 bits per heavy atom. The van der Waals surface area contributed by atoms with Gasteiger partial charge in [0.15, 0.2) is 5.84 Å². The van der Waals surface area contributed by atoms with Crippen molar-refractivity contribution in [2.75, 3.05) is 22.5 Å². The fraction of sp³-hybridized carbons (Fsp3) is 0.0556. The smallest absolute Gasteiger partial charge is 0.357 e. The van der Waals surface area contributed by atoms with E-state index in [2.05, 4.69) is 15.6 Å². The Morgan fingerprint density at radius 1 is 0.897 bits per heavy atom. The second-order valence-corrected chi connectivity index (χ2v) is 6.98. The average Bonchev–Trinajstić information content (AvgIpc) is 2.67. The van der Waals surface area contributed by atoms with E-state index in [1.807, 2.05) is 4.72 Å². The maximum absolute atomic E-state index is 11.8. The van der Waals surface area contributed by atoms with Gasteiger partial charge in [-0.05, 0) is 48.5 Å². The van der Waals surface area contributed by atoms with Crippen LogP contribution in [0.1, 0.15) is 0 Å². The molecule has 0 bridgehead atoms. The van der Waals surface area contributed by atoms with E-state index in [-0.39, 0.29) is 17.2 Å². The minimum Gasteiger partial charge on any atom is -0.497 e. The summed E-state index contributed by atoms with van der Waals surface area (Å²) in [6.45, 7) is 0. The van der Waals surface area contributed by atoms with Crippen molar-refractivity contribution in [2.24, 2.45) is 4.99 Å². The first kappa shape index (κ1) is 20.0. The molecule has 0 radical (unpaired) electrons. The third-order valence-corrected chi connectivity index (χ3v) is 4.21. The molecule has 3 rings (SSSR count). The summed E-state index contributed by atoms with van der Waals surface area (Å²) in [5.41, 5.74) is 1.50. The first-order valence-corrected chi connectivity index (χ1v) is 9.60. The monoisotopic (exact) mass is 416 g/mol. The van der Waals surface area contributed by atoms with Crippen molar-refractivity contribution in [3.63, 3.8) is 0 Å². The number of amides is 1. The molecule has 0 aromatic heterocycles. The number of nitrogens with zero attached hydrogens (tertiary/aromatic N) is 1. The molecule has 10 nitrogen and oxygen atoms in total. The first-order valence-electron chi connectivity index (χ1n) is 8.16. The van der Waals surface area contributed by atoms with E-state index in [1.165, 1.54) is 24.3 Å². The topological polar surface area (TPSA) is 146 Å². The molecule has 29 heavy (non-hydrogen) atoms. The van der Waals surface area contributed by atoms with Gasteiger partial charge in [-0.25, -0.2) is 0 Å². The SMILES string of the molecule is COc1ccc(NC2=NC(=O)C(=O)C=C2Nc2ccc(NS(=O)(=O)O)cc2)cc1. The van der Waals surface area contributed by atoms with Crippen molar-refractivity contribution in [3.05, 3.63) is 60.3 Å². The van der Waals surface area contributed by atoms with E-state index >= 15 is 0 Å². The summed E-state index contributed by atoms with van der Waals surface area (Å²) in [4.78, 5) is 27.3. The van der Waals surface area contributed by atoms with E-state index in [1.54, 1.807) is 31.4 Å². The third-order valence-electron chi connectivity index (χ3n) is 3.72. The van der Waals surface area contributed by atoms with Gasteiger partial charge in [-0.1, -0.05) is 0 Å². The number of benzene rings is 2. The van der Waals surface area contributed by atoms with Gasteiger partial charge in [0, 0.05) is 17.5 Å². The molecule has 0 fully saturated rings. The standard InChI is InChI=1S/C18H16N4O6S/c1-28-14-8-6-12(7-9-14)20-17-15(10-16(23)18(24)21-17)19-11-2-4-13(5-3-11)22-29(25,26)27/h2-10,19,22H,1H3,(H,20,21,24)(H,25,26,27). The number of anilines is 3. The van der Waals surface area contributed by atoms with Crippen LogP contribution in [0.4, 0.5) is 17.1 Å². The summed E-state index contributed by atoms with van der Waals surface area (Å²) >= 11 is 0. The Kier molecular flexibility index (Phi) is 5.61. The average molecular weight is 416 g/mol. The molecule has 1 aliphatic heterocycles. The number of aliphatic imine (C=N–C) groups is 1. The maximum atomic E-state index is 11.8. The zero-order valence-electron chi connectivity index (χ0n) is 15.0. The molecule has 150 valence electrons. The van der Waals surface area contributed by atoms with Crippen LogP contribution in [0.5, 0.6) is 5.75 Å². The largest absolute Gasteiger partial charge is 0.497 e. The van der Waals surface area contributed by atoms with Gasteiger partial charge in [0.25, 0.3) is 0 Å². The van der Waals surface area contributed by atoms with Gasteiger partial charge < -0.3 is 15.4 Å². The molecular formula is C18H16N4O6S. The minimum atomic E-state index is -4.38. The van der Waals surface area contributed by atoms with Gasteiger partial charge in [0.2, 0.25) is 5.78 Å². The molecule has 0 saturated carbocycles. The van der Waals surface area contributed by atoms with Gasteiger partial charge in [-0.3, -0.25) is 18.9 Å². The van der Waals surface area contributed by atoms with Crippen molar-refractivity contribution in [3.8, 4) is 5.75 Å². The van der Waals surface area contributed by atoms with Crippen LogP contribution in [0.15, 0.2) is 65.3 Å². The van der Waals surface area contributed by atoms with Crippen molar-refractivity contribution < 1.29 is 27.3 Å². The fourth-order valence-corrected chi connectivity index (χ4v) is 2.84. The molecule has 1 aliphatic rings. The number of carbonyl (C=O) groups excluding carboxylic acids is 2. The number of rotatable bonds is 6. The third kappa shape index (κ3) is 5.40. The molecule has 0 atom stereocenters. The Hall–Kier alpha value is -3.70. The Labute approximate surface area is 166 Å². The van der Waals surface area contributed by atoms with Crippen LogP contribution in [-0.2, 0) is 19.9 Å². The van der Waals surface area contributed by atoms with Gasteiger partial charge in [-0.2, -0.15) is 13.4 Å². The summed E-state index contributed by atoms with van der Waals surface area (Å²) in [6.07, 6.45) is 1.12. The first-order chi connectivity index (χ1) is 13.7. The van der Waals surface area contributed by atoms with E-state index in [0.29, 0.717) is 17.1 Å². The quantitative estimate of drug-likeness (QED) is 0.412. The van der Waals surface area contributed by atoms with Crippen LogP contribution in [0, 0.1) is 0 Å². The second-order valence-electron chi connectivity index (χ2n) is 5.82. The minimum absolute atomic E-state index is 0.139. The predicted octanol–water partition coefficient (Wildman–Crippen LogP) is 1.83. The van der Waals surface area contributed by atoms with E-state index in [9.17, 15) is 18.0 Å². The number of carbonyl (C=O) groups is 2. The molecule has 0 unspecified atom stereocenters. The molecule has 11 heteroatoms.